The van der Waals surface area contributed by atoms with Crippen molar-refractivity contribution in [2.45, 2.75) is 19.9 Å². The third-order valence-electron chi connectivity index (χ3n) is 3.78. The van der Waals surface area contributed by atoms with Gasteiger partial charge in [0.15, 0.2) is 5.69 Å². The van der Waals surface area contributed by atoms with Crippen LogP contribution in [0.1, 0.15) is 21.6 Å². The first-order chi connectivity index (χ1) is 11.5. The summed E-state index contributed by atoms with van der Waals surface area (Å²) in [5, 5.41) is 19.8. The molecule has 0 atom stereocenters. The van der Waals surface area contributed by atoms with Crippen LogP contribution in [0.3, 0.4) is 0 Å². The van der Waals surface area contributed by atoms with E-state index < -0.39 is 5.97 Å². The number of carbonyl (C=O) groups excluding carboxylic acids is 1. The monoisotopic (exact) mass is 327 g/mol. The molecule has 0 saturated carbocycles. The lowest BCUT2D eigenvalue weighted by atomic mass is 10.1. The number of aromatic amines is 1. The van der Waals surface area contributed by atoms with Gasteiger partial charge in [-0.25, -0.2) is 9.48 Å². The predicted octanol–water partition coefficient (Wildman–Crippen LogP) is 1.12. The average molecular weight is 327 g/mol. The highest BCUT2D eigenvalue weighted by atomic mass is 16.4. The zero-order valence-electron chi connectivity index (χ0n) is 13.1. The van der Waals surface area contributed by atoms with Crippen LogP contribution in [0.5, 0.6) is 0 Å². The van der Waals surface area contributed by atoms with Gasteiger partial charge in [0.1, 0.15) is 6.54 Å². The van der Waals surface area contributed by atoms with Crippen LogP contribution in [0, 0.1) is 6.92 Å². The molecule has 24 heavy (non-hydrogen) atoms. The minimum absolute atomic E-state index is 0.0623. The molecule has 8 nitrogen and oxygen atoms in total. The number of benzene rings is 1. The fourth-order valence-electron chi connectivity index (χ4n) is 2.66. The Balaban J connectivity index is 1.55. The molecule has 3 N–H and O–H groups in total. The van der Waals surface area contributed by atoms with E-state index in [1.54, 1.807) is 0 Å². The van der Waals surface area contributed by atoms with Gasteiger partial charge in [-0.2, -0.15) is 0 Å². The first kappa shape index (κ1) is 15.7. The van der Waals surface area contributed by atoms with Gasteiger partial charge in [0, 0.05) is 23.6 Å². The minimum Gasteiger partial charge on any atom is -0.476 e. The molecular formula is C16H17N5O3. The van der Waals surface area contributed by atoms with E-state index >= 15 is 0 Å². The van der Waals surface area contributed by atoms with Gasteiger partial charge >= 0.3 is 5.97 Å². The van der Waals surface area contributed by atoms with Crippen molar-refractivity contribution in [3.8, 4) is 0 Å². The van der Waals surface area contributed by atoms with E-state index in [2.05, 4.69) is 33.6 Å². The highest BCUT2D eigenvalue weighted by Crippen LogP contribution is 2.22. The molecule has 0 aliphatic heterocycles. The summed E-state index contributed by atoms with van der Waals surface area (Å²) in [4.78, 5) is 25.8. The van der Waals surface area contributed by atoms with Crippen molar-refractivity contribution < 1.29 is 14.7 Å². The van der Waals surface area contributed by atoms with Gasteiger partial charge < -0.3 is 15.4 Å². The molecule has 3 aromatic rings. The van der Waals surface area contributed by atoms with Crippen LogP contribution in [0.15, 0.2) is 30.6 Å². The number of aromatic carboxylic acids is 1. The van der Waals surface area contributed by atoms with E-state index in [9.17, 15) is 9.59 Å². The van der Waals surface area contributed by atoms with E-state index in [-0.39, 0.29) is 18.1 Å². The maximum absolute atomic E-state index is 11.9. The number of aryl methyl sites for hydroxylation is 1. The number of rotatable bonds is 6. The van der Waals surface area contributed by atoms with Gasteiger partial charge in [-0.15, -0.1) is 5.10 Å². The summed E-state index contributed by atoms with van der Waals surface area (Å²) in [5.74, 6) is -1.41. The number of amides is 1. The van der Waals surface area contributed by atoms with Gasteiger partial charge in [0.25, 0.3) is 0 Å². The molecule has 1 amide bonds. The van der Waals surface area contributed by atoms with Gasteiger partial charge in [-0.05, 0) is 30.5 Å². The van der Waals surface area contributed by atoms with Gasteiger partial charge in [0.2, 0.25) is 5.91 Å². The Kier molecular flexibility index (Phi) is 4.28. The number of carboxylic acids is 1. The van der Waals surface area contributed by atoms with Gasteiger partial charge in [0.05, 0.1) is 6.20 Å². The van der Waals surface area contributed by atoms with Crippen LogP contribution in [-0.2, 0) is 17.8 Å². The standard InChI is InChI=1S/C16H17N5O3/c1-10-3-2-4-12-15(10)11(7-18-12)5-6-17-14(22)9-21-8-13(16(23)24)19-20-21/h2-4,7-8,18H,5-6,9H2,1H3,(H,17,22)(H,23,24). The van der Waals surface area contributed by atoms with Crippen LogP contribution >= 0.6 is 0 Å². The number of aromatic nitrogens is 4. The van der Waals surface area contributed by atoms with Crippen molar-refractivity contribution in [1.82, 2.24) is 25.3 Å². The quantitative estimate of drug-likeness (QED) is 0.628. The lowest BCUT2D eigenvalue weighted by Gasteiger charge is -2.05. The molecule has 0 spiro atoms. The fraction of sp³-hybridized carbons (Fsp3) is 0.250. The summed E-state index contributed by atoms with van der Waals surface area (Å²) < 4.78 is 1.20. The first-order valence-corrected chi connectivity index (χ1v) is 7.50. The first-order valence-electron chi connectivity index (χ1n) is 7.50. The van der Waals surface area contributed by atoms with Crippen LogP contribution in [-0.4, -0.2) is 43.5 Å². The molecule has 8 heteroatoms. The average Bonchev–Trinajstić information content (AvgIpc) is 3.15. The fourth-order valence-corrected chi connectivity index (χ4v) is 2.66. The largest absolute Gasteiger partial charge is 0.476 e. The highest BCUT2D eigenvalue weighted by Gasteiger charge is 2.11. The molecule has 2 heterocycles. The molecule has 0 saturated heterocycles. The Labute approximate surface area is 137 Å². The summed E-state index contributed by atoms with van der Waals surface area (Å²) in [6.07, 6.45) is 3.89. The zero-order chi connectivity index (χ0) is 17.1. The lowest BCUT2D eigenvalue weighted by Crippen LogP contribution is -2.29. The Morgan fingerprint density at radius 3 is 2.96 bits per heavy atom. The zero-order valence-corrected chi connectivity index (χ0v) is 13.1. The van der Waals surface area contributed by atoms with E-state index in [0.29, 0.717) is 13.0 Å². The van der Waals surface area contributed by atoms with E-state index in [1.807, 2.05) is 18.3 Å². The molecule has 0 bridgehead atoms. The smallest absolute Gasteiger partial charge is 0.358 e. The van der Waals surface area contributed by atoms with Crippen molar-refractivity contribution in [3.63, 3.8) is 0 Å². The van der Waals surface area contributed by atoms with Crippen molar-refractivity contribution in [1.29, 1.82) is 0 Å². The number of nitrogens with zero attached hydrogens (tertiary/aromatic N) is 3. The SMILES string of the molecule is Cc1cccc2[nH]cc(CCNC(=O)Cn3cc(C(=O)O)nn3)c12. The van der Waals surface area contributed by atoms with Crippen LogP contribution in [0.4, 0.5) is 0 Å². The van der Waals surface area contributed by atoms with Crippen molar-refractivity contribution in [3.05, 3.63) is 47.4 Å². The summed E-state index contributed by atoms with van der Waals surface area (Å²) >= 11 is 0. The Bertz CT molecular complexity index is 896. The van der Waals surface area contributed by atoms with Crippen molar-refractivity contribution >= 4 is 22.8 Å². The maximum atomic E-state index is 11.9. The van der Waals surface area contributed by atoms with Crippen LogP contribution < -0.4 is 5.32 Å². The minimum atomic E-state index is -1.17. The van der Waals surface area contributed by atoms with E-state index in [1.165, 1.54) is 21.8 Å². The van der Waals surface area contributed by atoms with Gasteiger partial charge in [-0.1, -0.05) is 17.3 Å². The topological polar surface area (TPSA) is 113 Å². The predicted molar refractivity (Wildman–Crippen MR) is 86.7 cm³/mol. The molecule has 0 aliphatic rings. The Hall–Kier alpha value is -3.16. The molecule has 0 aliphatic carbocycles. The summed E-state index contributed by atoms with van der Waals surface area (Å²) in [6, 6.07) is 6.08. The van der Waals surface area contributed by atoms with Gasteiger partial charge in [-0.3, -0.25) is 4.79 Å². The number of carbonyl (C=O) groups is 2. The number of carboxylic acid groups (broad SMARTS) is 1. The maximum Gasteiger partial charge on any atom is 0.358 e. The molecule has 0 fully saturated rings. The molecule has 0 unspecified atom stereocenters. The van der Waals surface area contributed by atoms with E-state index in [4.69, 9.17) is 5.11 Å². The number of fused-ring (bicyclic) bond motifs is 1. The number of hydrogen-bond acceptors (Lipinski definition) is 4. The second kappa shape index (κ2) is 6.53. The second-order valence-corrected chi connectivity index (χ2v) is 5.52. The molecule has 1 aromatic carbocycles. The summed E-state index contributed by atoms with van der Waals surface area (Å²) in [6.45, 7) is 2.48. The number of nitrogens with one attached hydrogen (secondary N) is 2. The van der Waals surface area contributed by atoms with Crippen molar-refractivity contribution in [2.24, 2.45) is 0 Å². The van der Waals surface area contributed by atoms with Crippen molar-refractivity contribution in [2.75, 3.05) is 6.54 Å². The Morgan fingerprint density at radius 1 is 1.38 bits per heavy atom. The number of H-pyrrole nitrogens is 1. The molecule has 0 radical (unpaired) electrons. The highest BCUT2D eigenvalue weighted by molar-refractivity contribution is 5.86. The third kappa shape index (κ3) is 3.27. The summed E-state index contributed by atoms with van der Waals surface area (Å²) in [5.41, 5.74) is 3.24. The molecule has 3 rings (SSSR count). The second-order valence-electron chi connectivity index (χ2n) is 5.52. The molecule has 2 aromatic heterocycles. The third-order valence-corrected chi connectivity index (χ3v) is 3.78. The summed E-state index contributed by atoms with van der Waals surface area (Å²) in [7, 11) is 0. The number of hydrogen-bond donors (Lipinski definition) is 3. The van der Waals surface area contributed by atoms with E-state index in [0.717, 1.165) is 11.1 Å². The Morgan fingerprint density at radius 2 is 2.21 bits per heavy atom. The van der Waals surface area contributed by atoms with Crippen LogP contribution in [0.2, 0.25) is 0 Å². The molecular weight excluding hydrogens is 310 g/mol. The molecule has 124 valence electrons. The normalized spacial score (nSPS) is 10.9. The van der Waals surface area contributed by atoms with Crippen LogP contribution in [0.25, 0.3) is 10.9 Å². The lowest BCUT2D eigenvalue weighted by molar-refractivity contribution is -0.121.